The molecule has 0 spiro atoms. The van der Waals surface area contributed by atoms with Crippen molar-refractivity contribution in [3.05, 3.63) is 0 Å². The third-order valence-corrected chi connectivity index (χ3v) is 1.39. The van der Waals surface area contributed by atoms with Crippen molar-refractivity contribution in [2.24, 2.45) is 0 Å². The van der Waals surface area contributed by atoms with Crippen LogP contribution in [0.4, 0.5) is 0 Å². The first-order valence-corrected chi connectivity index (χ1v) is 3.34. The molecule has 0 atom stereocenters. The highest BCUT2D eigenvalue weighted by Crippen LogP contribution is 1.86. The van der Waals surface area contributed by atoms with Gasteiger partial charge < -0.3 is 4.90 Å². The van der Waals surface area contributed by atoms with Crippen LogP contribution in [-0.2, 0) is 4.79 Å². The van der Waals surface area contributed by atoms with Gasteiger partial charge in [0.2, 0.25) is 0 Å². The molecular formula is C7H16ClNO. The van der Waals surface area contributed by atoms with Crippen LogP contribution in [0.2, 0.25) is 0 Å². The minimum Gasteiger partial charge on any atom is -0.306 e. The van der Waals surface area contributed by atoms with Crippen LogP contribution in [0.5, 0.6) is 0 Å². The Morgan fingerprint density at radius 1 is 1.50 bits per heavy atom. The van der Waals surface area contributed by atoms with E-state index in [1.165, 1.54) is 0 Å². The zero-order valence-corrected chi connectivity index (χ0v) is 7.70. The molecule has 0 unspecified atom stereocenters. The Balaban J connectivity index is 0. The van der Waals surface area contributed by atoms with E-state index in [2.05, 4.69) is 11.8 Å². The first-order chi connectivity index (χ1) is 4.16. The molecule has 0 aliphatic heterocycles. The summed E-state index contributed by atoms with van der Waals surface area (Å²) in [5.74, 6) is 0.273. The van der Waals surface area contributed by atoms with Gasteiger partial charge in [0.05, 0.1) is 0 Å². The Bertz CT molecular complexity index is 95.6. The molecule has 0 rings (SSSR count). The number of ketones is 1. The highest BCUT2D eigenvalue weighted by molar-refractivity contribution is 5.85. The summed E-state index contributed by atoms with van der Waals surface area (Å²) in [6.07, 6.45) is 0.685. The molecule has 2 nitrogen and oxygen atoms in total. The van der Waals surface area contributed by atoms with Gasteiger partial charge in [-0.05, 0) is 20.5 Å². The summed E-state index contributed by atoms with van der Waals surface area (Å²) in [6.45, 7) is 5.63. The lowest BCUT2D eigenvalue weighted by Crippen LogP contribution is -2.20. The van der Waals surface area contributed by atoms with Gasteiger partial charge in [-0.15, -0.1) is 12.4 Å². The van der Waals surface area contributed by atoms with E-state index in [4.69, 9.17) is 0 Å². The average molecular weight is 166 g/mol. The molecule has 0 saturated heterocycles. The highest BCUT2D eigenvalue weighted by Gasteiger charge is 1.95. The van der Waals surface area contributed by atoms with Crippen molar-refractivity contribution in [2.45, 2.75) is 20.3 Å². The molecule has 0 aliphatic rings. The molecule has 0 amide bonds. The van der Waals surface area contributed by atoms with Crippen molar-refractivity contribution in [3.63, 3.8) is 0 Å². The lowest BCUT2D eigenvalue weighted by molar-refractivity contribution is -0.117. The molecule has 0 radical (unpaired) electrons. The Morgan fingerprint density at radius 2 is 2.00 bits per heavy atom. The predicted octanol–water partition coefficient (Wildman–Crippen LogP) is 1.34. The second-order valence-corrected chi connectivity index (χ2v) is 2.35. The van der Waals surface area contributed by atoms with E-state index >= 15 is 0 Å². The maximum Gasteiger partial charge on any atom is 0.131 e. The summed E-state index contributed by atoms with van der Waals surface area (Å²) in [7, 11) is 2.02. The van der Waals surface area contributed by atoms with Crippen molar-refractivity contribution < 1.29 is 4.79 Å². The van der Waals surface area contributed by atoms with E-state index in [1.807, 2.05) is 7.05 Å². The second kappa shape index (κ2) is 7.03. The normalized spacial score (nSPS) is 9.20. The maximum atomic E-state index is 10.4. The minimum absolute atomic E-state index is 0. The van der Waals surface area contributed by atoms with Crippen molar-refractivity contribution in [1.29, 1.82) is 0 Å². The van der Waals surface area contributed by atoms with Crippen molar-refractivity contribution in [1.82, 2.24) is 4.90 Å². The lowest BCUT2D eigenvalue weighted by Gasteiger charge is -2.11. The molecule has 62 valence electrons. The fourth-order valence-electron chi connectivity index (χ4n) is 0.506. The van der Waals surface area contributed by atoms with E-state index in [9.17, 15) is 4.79 Å². The van der Waals surface area contributed by atoms with Crippen LogP contribution in [0.15, 0.2) is 0 Å². The summed E-state index contributed by atoms with van der Waals surface area (Å²) in [4.78, 5) is 12.6. The smallest absolute Gasteiger partial charge is 0.131 e. The second-order valence-electron chi connectivity index (χ2n) is 2.35. The number of Topliss-reactive ketones (excluding diaryl/α,β-unsaturated/α-hetero) is 1. The molecule has 0 aromatic heterocycles. The van der Waals surface area contributed by atoms with Gasteiger partial charge in [-0.1, -0.05) is 6.92 Å². The molecular weight excluding hydrogens is 150 g/mol. The van der Waals surface area contributed by atoms with Crippen LogP contribution >= 0.6 is 12.4 Å². The standard InChI is InChI=1S/C7H15NO.ClH/c1-4-8(3)6-5-7(2)9;/h4-6H2,1-3H3;1H. The molecule has 0 fully saturated rings. The van der Waals surface area contributed by atoms with E-state index in [1.54, 1.807) is 6.92 Å². The Kier molecular flexibility index (Phi) is 8.85. The summed E-state index contributed by atoms with van der Waals surface area (Å²) in [5.41, 5.74) is 0. The highest BCUT2D eigenvalue weighted by atomic mass is 35.5. The molecule has 0 aromatic carbocycles. The van der Waals surface area contributed by atoms with Crippen LogP contribution in [0, 0.1) is 0 Å². The van der Waals surface area contributed by atoms with Gasteiger partial charge in [0.25, 0.3) is 0 Å². The number of hydrogen-bond acceptors (Lipinski definition) is 2. The third kappa shape index (κ3) is 7.92. The Hall–Kier alpha value is -0.0800. The van der Waals surface area contributed by atoms with E-state index in [0.717, 1.165) is 13.1 Å². The molecule has 0 aromatic rings. The number of carbonyl (C=O) groups excluding carboxylic acids is 1. The van der Waals surface area contributed by atoms with Gasteiger partial charge in [0, 0.05) is 13.0 Å². The van der Waals surface area contributed by atoms with Crippen molar-refractivity contribution >= 4 is 18.2 Å². The molecule has 0 aliphatic carbocycles. The van der Waals surface area contributed by atoms with Gasteiger partial charge in [0.15, 0.2) is 0 Å². The van der Waals surface area contributed by atoms with Gasteiger partial charge in [0.1, 0.15) is 5.78 Å². The SMILES string of the molecule is CCN(C)CCC(C)=O.Cl. The van der Waals surface area contributed by atoms with Gasteiger partial charge >= 0.3 is 0 Å². The fraction of sp³-hybridized carbons (Fsp3) is 0.857. The summed E-state index contributed by atoms with van der Waals surface area (Å²) >= 11 is 0. The number of rotatable bonds is 4. The van der Waals surface area contributed by atoms with Crippen molar-refractivity contribution in [2.75, 3.05) is 20.1 Å². The number of carbonyl (C=O) groups is 1. The third-order valence-electron chi connectivity index (χ3n) is 1.39. The van der Waals surface area contributed by atoms with E-state index in [0.29, 0.717) is 6.42 Å². The summed E-state index contributed by atoms with van der Waals surface area (Å²) < 4.78 is 0. The summed E-state index contributed by atoms with van der Waals surface area (Å²) in [5, 5.41) is 0. The van der Waals surface area contributed by atoms with E-state index < -0.39 is 0 Å². The first-order valence-electron chi connectivity index (χ1n) is 3.34. The molecule has 0 N–H and O–H groups in total. The molecule has 0 bridgehead atoms. The topological polar surface area (TPSA) is 20.3 Å². The number of nitrogens with zero attached hydrogens (tertiary/aromatic N) is 1. The van der Waals surface area contributed by atoms with Gasteiger partial charge in [-0.2, -0.15) is 0 Å². The molecule has 3 heteroatoms. The van der Waals surface area contributed by atoms with Crippen molar-refractivity contribution in [3.8, 4) is 0 Å². The summed E-state index contributed by atoms with van der Waals surface area (Å²) in [6, 6.07) is 0. The van der Waals surface area contributed by atoms with Crippen LogP contribution in [0.25, 0.3) is 0 Å². The molecule has 0 saturated carbocycles. The van der Waals surface area contributed by atoms with Crippen LogP contribution in [-0.4, -0.2) is 30.8 Å². The average Bonchev–Trinajstić information content (AvgIpc) is 1.83. The quantitative estimate of drug-likeness (QED) is 0.627. The van der Waals surface area contributed by atoms with Gasteiger partial charge in [-0.25, -0.2) is 0 Å². The Morgan fingerprint density at radius 3 is 2.30 bits per heavy atom. The lowest BCUT2D eigenvalue weighted by atomic mass is 10.3. The number of halogens is 1. The largest absolute Gasteiger partial charge is 0.306 e. The minimum atomic E-state index is 0. The van der Waals surface area contributed by atoms with Crippen LogP contribution < -0.4 is 0 Å². The zero-order valence-electron chi connectivity index (χ0n) is 6.89. The molecule has 0 heterocycles. The fourth-order valence-corrected chi connectivity index (χ4v) is 0.506. The van der Waals surface area contributed by atoms with Crippen LogP contribution in [0.1, 0.15) is 20.3 Å². The van der Waals surface area contributed by atoms with E-state index in [-0.39, 0.29) is 18.2 Å². The Labute approximate surface area is 69.0 Å². The maximum absolute atomic E-state index is 10.4. The monoisotopic (exact) mass is 165 g/mol. The number of hydrogen-bond donors (Lipinski definition) is 0. The predicted molar refractivity (Wildman–Crippen MR) is 45.7 cm³/mol. The van der Waals surface area contributed by atoms with Gasteiger partial charge in [-0.3, -0.25) is 4.79 Å². The zero-order chi connectivity index (χ0) is 7.28. The first kappa shape index (κ1) is 12.6. The molecule has 10 heavy (non-hydrogen) atoms. The van der Waals surface area contributed by atoms with Crippen LogP contribution in [0.3, 0.4) is 0 Å².